The SMILES string of the molecule is CCCOc1ccccc1NC(=O)C1CCN(c2ccc3nncn3n2)CC1. The van der Waals surface area contributed by atoms with Crippen LogP contribution < -0.4 is 15.0 Å². The second-order valence-corrected chi connectivity index (χ2v) is 6.92. The van der Waals surface area contributed by atoms with E-state index in [1.807, 2.05) is 36.4 Å². The first-order chi connectivity index (χ1) is 13.7. The Bertz CT molecular complexity index is 949. The fourth-order valence-corrected chi connectivity index (χ4v) is 3.40. The number of amides is 1. The van der Waals surface area contributed by atoms with Crippen molar-refractivity contribution in [2.75, 3.05) is 29.9 Å². The van der Waals surface area contributed by atoms with Crippen molar-refractivity contribution in [1.82, 2.24) is 19.8 Å². The van der Waals surface area contributed by atoms with Gasteiger partial charge in [0.1, 0.15) is 17.9 Å². The molecule has 0 spiro atoms. The summed E-state index contributed by atoms with van der Waals surface area (Å²) < 4.78 is 7.40. The number of anilines is 2. The van der Waals surface area contributed by atoms with Gasteiger partial charge >= 0.3 is 0 Å². The highest BCUT2D eigenvalue weighted by molar-refractivity contribution is 5.94. The first-order valence-electron chi connectivity index (χ1n) is 9.69. The molecule has 28 heavy (non-hydrogen) atoms. The molecule has 3 aromatic rings. The molecular weight excluding hydrogens is 356 g/mol. The molecule has 3 heterocycles. The number of benzene rings is 1. The zero-order valence-electron chi connectivity index (χ0n) is 15.9. The van der Waals surface area contributed by atoms with Crippen molar-refractivity contribution in [3.63, 3.8) is 0 Å². The van der Waals surface area contributed by atoms with Crippen LogP contribution in [0.5, 0.6) is 5.75 Å². The highest BCUT2D eigenvalue weighted by atomic mass is 16.5. The lowest BCUT2D eigenvalue weighted by molar-refractivity contribution is -0.120. The van der Waals surface area contributed by atoms with Crippen LogP contribution in [0.25, 0.3) is 5.65 Å². The molecule has 1 saturated heterocycles. The third kappa shape index (κ3) is 3.90. The zero-order chi connectivity index (χ0) is 19.3. The van der Waals surface area contributed by atoms with Gasteiger partial charge in [-0.3, -0.25) is 4.79 Å². The number of ether oxygens (including phenoxy) is 1. The van der Waals surface area contributed by atoms with Gasteiger partial charge in [0.2, 0.25) is 5.91 Å². The van der Waals surface area contributed by atoms with Gasteiger partial charge in [-0.1, -0.05) is 19.1 Å². The molecule has 1 fully saturated rings. The summed E-state index contributed by atoms with van der Waals surface area (Å²) in [4.78, 5) is 15.0. The Hall–Kier alpha value is -3.16. The molecule has 0 radical (unpaired) electrons. The van der Waals surface area contributed by atoms with E-state index in [0.29, 0.717) is 6.61 Å². The van der Waals surface area contributed by atoms with Crippen molar-refractivity contribution in [3.05, 3.63) is 42.7 Å². The third-order valence-electron chi connectivity index (χ3n) is 4.94. The van der Waals surface area contributed by atoms with Crippen LogP contribution in [0.3, 0.4) is 0 Å². The molecule has 0 saturated carbocycles. The van der Waals surface area contributed by atoms with Crippen molar-refractivity contribution in [1.29, 1.82) is 0 Å². The molecule has 146 valence electrons. The number of carbonyl (C=O) groups excluding carboxylic acids is 1. The van der Waals surface area contributed by atoms with Crippen LogP contribution >= 0.6 is 0 Å². The molecule has 1 N–H and O–H groups in total. The molecular formula is C20H24N6O2. The summed E-state index contributed by atoms with van der Waals surface area (Å²) in [5, 5.41) is 15.4. The summed E-state index contributed by atoms with van der Waals surface area (Å²) in [7, 11) is 0. The van der Waals surface area contributed by atoms with Crippen LogP contribution in [0.15, 0.2) is 42.7 Å². The highest BCUT2D eigenvalue weighted by Gasteiger charge is 2.26. The smallest absolute Gasteiger partial charge is 0.227 e. The van der Waals surface area contributed by atoms with Crippen molar-refractivity contribution in [2.45, 2.75) is 26.2 Å². The third-order valence-corrected chi connectivity index (χ3v) is 4.94. The normalized spacial score (nSPS) is 15.0. The number of hydrogen-bond acceptors (Lipinski definition) is 6. The second kappa shape index (κ2) is 8.24. The molecule has 8 nitrogen and oxygen atoms in total. The predicted octanol–water partition coefficient (Wildman–Crippen LogP) is 2.77. The van der Waals surface area contributed by atoms with Crippen LogP contribution in [0.1, 0.15) is 26.2 Å². The molecule has 4 rings (SSSR count). The van der Waals surface area contributed by atoms with Gasteiger partial charge in [0, 0.05) is 19.0 Å². The minimum atomic E-state index is -0.0193. The Morgan fingerprint density at radius 2 is 2.04 bits per heavy atom. The number of fused-ring (bicyclic) bond motifs is 1. The maximum atomic E-state index is 12.8. The van der Waals surface area contributed by atoms with Gasteiger partial charge in [-0.15, -0.1) is 15.3 Å². The maximum Gasteiger partial charge on any atom is 0.227 e. The summed E-state index contributed by atoms with van der Waals surface area (Å²) >= 11 is 0. The number of hydrogen-bond donors (Lipinski definition) is 1. The van der Waals surface area contributed by atoms with Gasteiger partial charge < -0.3 is 15.0 Å². The summed E-state index contributed by atoms with van der Waals surface area (Å²) in [6, 6.07) is 11.5. The summed E-state index contributed by atoms with van der Waals surface area (Å²) in [5.74, 6) is 1.63. The predicted molar refractivity (Wildman–Crippen MR) is 107 cm³/mol. The molecule has 1 aliphatic heterocycles. The van der Waals surface area contributed by atoms with Gasteiger partial charge in [-0.2, -0.15) is 4.52 Å². The van der Waals surface area contributed by atoms with Gasteiger partial charge in [0.05, 0.1) is 12.3 Å². The Balaban J connectivity index is 1.36. The number of piperidine rings is 1. The number of nitrogens with zero attached hydrogens (tertiary/aromatic N) is 5. The van der Waals surface area contributed by atoms with Crippen molar-refractivity contribution >= 4 is 23.1 Å². The van der Waals surface area contributed by atoms with E-state index in [0.717, 1.165) is 55.3 Å². The topological polar surface area (TPSA) is 84.6 Å². The molecule has 0 atom stereocenters. The first-order valence-corrected chi connectivity index (χ1v) is 9.69. The maximum absolute atomic E-state index is 12.8. The zero-order valence-corrected chi connectivity index (χ0v) is 15.9. The van der Waals surface area contributed by atoms with E-state index in [9.17, 15) is 4.79 Å². The summed E-state index contributed by atoms with van der Waals surface area (Å²) in [6.07, 6.45) is 4.09. The number of nitrogens with one attached hydrogen (secondary N) is 1. The summed E-state index contributed by atoms with van der Waals surface area (Å²) in [6.45, 7) is 4.26. The largest absolute Gasteiger partial charge is 0.491 e. The lowest BCUT2D eigenvalue weighted by Crippen LogP contribution is -2.38. The Morgan fingerprint density at radius 1 is 1.21 bits per heavy atom. The first kappa shape index (κ1) is 18.2. The molecule has 0 bridgehead atoms. The monoisotopic (exact) mass is 380 g/mol. The van der Waals surface area contributed by atoms with Crippen LogP contribution in [0.4, 0.5) is 11.5 Å². The lowest BCUT2D eigenvalue weighted by Gasteiger charge is -2.32. The molecule has 1 aliphatic rings. The molecule has 1 aromatic carbocycles. The second-order valence-electron chi connectivity index (χ2n) is 6.92. The lowest BCUT2D eigenvalue weighted by atomic mass is 9.95. The van der Waals surface area contributed by atoms with E-state index in [-0.39, 0.29) is 11.8 Å². The van der Waals surface area contributed by atoms with Crippen LogP contribution in [-0.4, -0.2) is 45.4 Å². The van der Waals surface area contributed by atoms with E-state index in [1.165, 1.54) is 0 Å². The van der Waals surface area contributed by atoms with E-state index in [1.54, 1.807) is 10.8 Å². The average molecular weight is 380 g/mol. The van der Waals surface area contributed by atoms with Crippen LogP contribution in [-0.2, 0) is 4.79 Å². The fourth-order valence-electron chi connectivity index (χ4n) is 3.40. The molecule has 0 unspecified atom stereocenters. The molecule has 1 amide bonds. The molecule has 2 aromatic heterocycles. The molecule has 8 heteroatoms. The number of carbonyl (C=O) groups is 1. The number of rotatable bonds is 6. The number of para-hydroxylation sites is 2. The Morgan fingerprint density at radius 3 is 2.86 bits per heavy atom. The number of aromatic nitrogens is 4. The van der Waals surface area contributed by atoms with Crippen LogP contribution in [0.2, 0.25) is 0 Å². The van der Waals surface area contributed by atoms with Crippen molar-refractivity contribution in [3.8, 4) is 5.75 Å². The van der Waals surface area contributed by atoms with Crippen molar-refractivity contribution < 1.29 is 9.53 Å². The van der Waals surface area contributed by atoms with E-state index in [2.05, 4.69) is 32.4 Å². The van der Waals surface area contributed by atoms with Gasteiger partial charge in [-0.05, 0) is 43.5 Å². The highest BCUT2D eigenvalue weighted by Crippen LogP contribution is 2.27. The summed E-state index contributed by atoms with van der Waals surface area (Å²) in [5.41, 5.74) is 1.46. The van der Waals surface area contributed by atoms with E-state index < -0.39 is 0 Å². The van der Waals surface area contributed by atoms with E-state index >= 15 is 0 Å². The quantitative estimate of drug-likeness (QED) is 0.708. The van der Waals surface area contributed by atoms with Crippen molar-refractivity contribution in [2.24, 2.45) is 5.92 Å². The van der Waals surface area contributed by atoms with Gasteiger partial charge in [-0.25, -0.2) is 0 Å². The standard InChI is InChI=1S/C20H24N6O2/c1-2-13-28-17-6-4-3-5-16(17)22-20(27)15-9-11-25(12-10-15)19-8-7-18-23-21-14-26(18)24-19/h3-8,14-15H,2,9-13H2,1H3,(H,22,27). The van der Waals surface area contributed by atoms with E-state index in [4.69, 9.17) is 4.74 Å². The average Bonchev–Trinajstić information content (AvgIpc) is 3.21. The Labute approximate surface area is 163 Å². The van der Waals surface area contributed by atoms with Crippen LogP contribution in [0, 0.1) is 5.92 Å². The molecule has 0 aliphatic carbocycles. The van der Waals surface area contributed by atoms with Gasteiger partial charge in [0.15, 0.2) is 5.65 Å². The minimum Gasteiger partial charge on any atom is -0.491 e. The Kier molecular flexibility index (Phi) is 5.36. The minimum absolute atomic E-state index is 0.0193. The fraction of sp³-hybridized carbons (Fsp3) is 0.400. The van der Waals surface area contributed by atoms with Gasteiger partial charge in [0.25, 0.3) is 0 Å².